The van der Waals surface area contributed by atoms with Crippen molar-refractivity contribution in [3.8, 4) is 11.7 Å². The van der Waals surface area contributed by atoms with Gasteiger partial charge in [-0.25, -0.2) is 18.4 Å². The number of sulfone groups is 1. The molecule has 0 aliphatic carbocycles. The number of rotatable bonds is 6. The van der Waals surface area contributed by atoms with Gasteiger partial charge >= 0.3 is 0 Å². The van der Waals surface area contributed by atoms with E-state index < -0.39 is 15.7 Å². The van der Waals surface area contributed by atoms with Crippen molar-refractivity contribution in [2.24, 2.45) is 0 Å². The molecule has 0 aliphatic rings. The Morgan fingerprint density at radius 2 is 1.66 bits per heavy atom. The van der Waals surface area contributed by atoms with Crippen LogP contribution in [0.5, 0.6) is 5.75 Å². The van der Waals surface area contributed by atoms with Crippen LogP contribution in [-0.4, -0.2) is 46.9 Å². The predicted molar refractivity (Wildman–Crippen MR) is 107 cm³/mol. The number of aryl methyl sites for hydroxylation is 3. The Labute approximate surface area is 168 Å². The highest BCUT2D eigenvalue weighted by atomic mass is 32.2. The Balaban J connectivity index is 1.70. The van der Waals surface area contributed by atoms with Crippen molar-refractivity contribution in [2.45, 2.75) is 25.7 Å². The zero-order valence-electron chi connectivity index (χ0n) is 16.5. The van der Waals surface area contributed by atoms with Crippen LogP contribution in [0.1, 0.15) is 17.1 Å². The van der Waals surface area contributed by atoms with Crippen LogP contribution in [0.4, 0.5) is 5.82 Å². The average molecular weight is 415 g/mol. The first-order valence-corrected chi connectivity index (χ1v) is 10.6. The van der Waals surface area contributed by atoms with Gasteiger partial charge in [-0.2, -0.15) is 9.78 Å². The van der Waals surface area contributed by atoms with E-state index in [2.05, 4.69) is 20.4 Å². The summed E-state index contributed by atoms with van der Waals surface area (Å²) >= 11 is 0. The van der Waals surface area contributed by atoms with Gasteiger partial charge in [0.25, 0.3) is 11.9 Å². The maximum Gasteiger partial charge on any atom is 0.263 e. The lowest BCUT2D eigenvalue weighted by atomic mass is 10.3. The highest BCUT2D eigenvalue weighted by molar-refractivity contribution is 7.90. The molecule has 9 nitrogen and oxygen atoms in total. The molecule has 0 bridgehead atoms. The lowest BCUT2D eigenvalue weighted by Crippen LogP contribution is -2.22. The number of carbonyl (C=O) groups is 1. The van der Waals surface area contributed by atoms with Crippen molar-refractivity contribution < 1.29 is 17.9 Å². The van der Waals surface area contributed by atoms with Crippen molar-refractivity contribution in [2.75, 3.05) is 18.2 Å². The van der Waals surface area contributed by atoms with E-state index in [1.54, 1.807) is 13.0 Å². The summed E-state index contributed by atoms with van der Waals surface area (Å²) in [5.74, 6) is 0.773. The standard InChI is InChI=1S/C19H21N5O4S/c1-12-9-13(2)21-19(20-12)24-17(10-14(3)23-24)22-18(25)11-28-15-5-7-16(8-6-15)29(4,26)27/h5-10H,11H2,1-4H3,(H,22,25). The average Bonchev–Trinajstić information content (AvgIpc) is 2.99. The van der Waals surface area contributed by atoms with E-state index in [1.165, 1.54) is 28.9 Å². The number of carbonyl (C=O) groups excluding carboxylic acids is 1. The topological polar surface area (TPSA) is 116 Å². The van der Waals surface area contributed by atoms with Crippen LogP contribution in [0.15, 0.2) is 41.3 Å². The van der Waals surface area contributed by atoms with Gasteiger partial charge in [0.1, 0.15) is 11.6 Å². The van der Waals surface area contributed by atoms with Crippen molar-refractivity contribution in [1.29, 1.82) is 0 Å². The van der Waals surface area contributed by atoms with Crippen LogP contribution in [0.2, 0.25) is 0 Å². The monoisotopic (exact) mass is 415 g/mol. The van der Waals surface area contributed by atoms with Crippen LogP contribution < -0.4 is 10.1 Å². The maximum absolute atomic E-state index is 12.3. The van der Waals surface area contributed by atoms with Gasteiger partial charge in [0.15, 0.2) is 16.4 Å². The second-order valence-corrected chi connectivity index (χ2v) is 8.63. The van der Waals surface area contributed by atoms with Gasteiger partial charge in [-0.3, -0.25) is 4.79 Å². The second-order valence-electron chi connectivity index (χ2n) is 6.61. The van der Waals surface area contributed by atoms with Crippen molar-refractivity contribution in [3.63, 3.8) is 0 Å². The molecule has 0 unspecified atom stereocenters. The first kappa shape index (κ1) is 20.5. The quantitative estimate of drug-likeness (QED) is 0.654. The van der Waals surface area contributed by atoms with Crippen molar-refractivity contribution in [3.05, 3.63) is 53.5 Å². The Bertz CT molecular complexity index is 1130. The number of anilines is 1. The molecule has 29 heavy (non-hydrogen) atoms. The minimum Gasteiger partial charge on any atom is -0.484 e. The minimum atomic E-state index is -3.28. The smallest absolute Gasteiger partial charge is 0.263 e. The fourth-order valence-corrected chi connectivity index (χ4v) is 3.28. The molecule has 0 fully saturated rings. The number of nitrogens with zero attached hydrogens (tertiary/aromatic N) is 4. The van der Waals surface area contributed by atoms with Gasteiger partial charge in [-0.05, 0) is 51.1 Å². The zero-order chi connectivity index (χ0) is 21.2. The highest BCUT2D eigenvalue weighted by Crippen LogP contribution is 2.17. The van der Waals surface area contributed by atoms with E-state index in [0.29, 0.717) is 23.2 Å². The zero-order valence-corrected chi connectivity index (χ0v) is 17.3. The summed E-state index contributed by atoms with van der Waals surface area (Å²) in [6, 6.07) is 9.42. The fraction of sp³-hybridized carbons (Fsp3) is 0.263. The first-order chi connectivity index (χ1) is 13.6. The molecule has 0 aliphatic heterocycles. The summed E-state index contributed by atoms with van der Waals surface area (Å²) in [5.41, 5.74) is 2.28. The van der Waals surface area contributed by atoms with Gasteiger partial charge in [-0.1, -0.05) is 0 Å². The van der Waals surface area contributed by atoms with E-state index in [-0.39, 0.29) is 11.5 Å². The van der Waals surface area contributed by atoms with Crippen LogP contribution in [0, 0.1) is 20.8 Å². The highest BCUT2D eigenvalue weighted by Gasteiger charge is 2.14. The largest absolute Gasteiger partial charge is 0.484 e. The Kier molecular flexibility index (Phi) is 5.64. The number of amides is 1. The molecular formula is C19H21N5O4S. The molecule has 10 heteroatoms. The Morgan fingerprint density at radius 3 is 2.24 bits per heavy atom. The number of aromatic nitrogens is 4. The number of ether oxygens (including phenoxy) is 1. The molecule has 1 aromatic carbocycles. The van der Waals surface area contributed by atoms with Gasteiger partial charge < -0.3 is 10.1 Å². The molecule has 152 valence electrons. The molecule has 0 spiro atoms. The summed E-state index contributed by atoms with van der Waals surface area (Å²) in [5, 5.41) is 7.08. The molecule has 0 saturated carbocycles. The van der Waals surface area contributed by atoms with Crippen LogP contribution in [0.25, 0.3) is 5.95 Å². The molecule has 0 saturated heterocycles. The van der Waals surface area contributed by atoms with E-state index in [0.717, 1.165) is 17.6 Å². The van der Waals surface area contributed by atoms with Crippen LogP contribution >= 0.6 is 0 Å². The molecule has 0 radical (unpaired) electrons. The van der Waals surface area contributed by atoms with E-state index >= 15 is 0 Å². The second kappa shape index (κ2) is 8.00. The van der Waals surface area contributed by atoms with Gasteiger partial charge in [0.05, 0.1) is 10.6 Å². The summed E-state index contributed by atoms with van der Waals surface area (Å²) in [4.78, 5) is 21.2. The third kappa shape index (κ3) is 5.17. The lowest BCUT2D eigenvalue weighted by molar-refractivity contribution is -0.118. The molecule has 2 aromatic heterocycles. The third-order valence-corrected chi connectivity index (χ3v) is 5.01. The maximum atomic E-state index is 12.3. The van der Waals surface area contributed by atoms with Gasteiger partial charge in [-0.15, -0.1) is 0 Å². The first-order valence-electron chi connectivity index (χ1n) is 8.74. The molecule has 1 N–H and O–H groups in total. The van der Waals surface area contributed by atoms with E-state index in [1.807, 2.05) is 19.9 Å². The molecule has 1 amide bonds. The van der Waals surface area contributed by atoms with Gasteiger partial charge in [0.2, 0.25) is 0 Å². The summed E-state index contributed by atoms with van der Waals surface area (Å²) in [7, 11) is -3.28. The Hall–Kier alpha value is -3.27. The van der Waals surface area contributed by atoms with Crippen molar-refractivity contribution in [1.82, 2.24) is 19.7 Å². The molecule has 0 atom stereocenters. The van der Waals surface area contributed by atoms with Gasteiger partial charge in [0, 0.05) is 23.7 Å². The molecule has 3 rings (SSSR count). The lowest BCUT2D eigenvalue weighted by Gasteiger charge is -2.10. The number of hydrogen-bond donors (Lipinski definition) is 1. The van der Waals surface area contributed by atoms with E-state index in [9.17, 15) is 13.2 Å². The number of hydrogen-bond acceptors (Lipinski definition) is 7. The summed E-state index contributed by atoms with van der Waals surface area (Å²) < 4.78 is 29.9. The van der Waals surface area contributed by atoms with E-state index in [4.69, 9.17) is 4.74 Å². The fourth-order valence-electron chi connectivity index (χ4n) is 2.65. The normalized spacial score (nSPS) is 11.3. The summed E-state index contributed by atoms with van der Waals surface area (Å²) in [6.45, 7) is 5.26. The third-order valence-electron chi connectivity index (χ3n) is 3.88. The van der Waals surface area contributed by atoms with Crippen molar-refractivity contribution >= 4 is 21.6 Å². The van der Waals surface area contributed by atoms with Crippen LogP contribution in [-0.2, 0) is 14.6 Å². The minimum absolute atomic E-state index is 0.183. The summed E-state index contributed by atoms with van der Waals surface area (Å²) in [6.07, 6.45) is 1.13. The Morgan fingerprint density at radius 1 is 1.03 bits per heavy atom. The molecular weight excluding hydrogens is 394 g/mol. The molecule has 2 heterocycles. The number of nitrogens with one attached hydrogen (secondary N) is 1. The predicted octanol–water partition coefficient (Wildman–Crippen LogP) is 2.01. The SMILES string of the molecule is Cc1cc(C)nc(-n2nc(C)cc2NC(=O)COc2ccc(S(C)(=O)=O)cc2)n1. The van der Waals surface area contributed by atoms with Crippen LogP contribution in [0.3, 0.4) is 0 Å². The number of benzene rings is 1. The molecule has 3 aromatic rings.